The molecular weight excluding hydrogens is 255 g/mol. The fourth-order valence-electron chi connectivity index (χ4n) is 3.23. The third-order valence-corrected chi connectivity index (χ3v) is 4.44. The fourth-order valence-corrected chi connectivity index (χ4v) is 3.23. The number of hydrogen-bond acceptors (Lipinski definition) is 3. The molecule has 2 heterocycles. The van der Waals surface area contributed by atoms with Gasteiger partial charge in [0, 0.05) is 25.7 Å². The number of likely N-dealkylation sites (tertiary alicyclic amines) is 1. The van der Waals surface area contributed by atoms with Crippen molar-refractivity contribution >= 4 is 0 Å². The van der Waals surface area contributed by atoms with E-state index < -0.39 is 0 Å². The molecule has 0 radical (unpaired) electrons. The number of piperidine rings is 1. The van der Waals surface area contributed by atoms with Crippen LogP contribution < -0.4 is 0 Å². The van der Waals surface area contributed by atoms with E-state index in [0.717, 1.165) is 52.0 Å². The van der Waals surface area contributed by atoms with Gasteiger partial charge in [-0.05, 0) is 43.6 Å². The van der Waals surface area contributed by atoms with Crippen molar-refractivity contribution in [2.75, 3.05) is 39.4 Å². The highest BCUT2D eigenvalue weighted by molar-refractivity contribution is 5.15. The van der Waals surface area contributed by atoms with Crippen LogP contribution in [-0.4, -0.2) is 55.2 Å². The molecule has 0 N–H and O–H groups in total. The van der Waals surface area contributed by atoms with E-state index in [9.17, 15) is 4.39 Å². The summed E-state index contributed by atoms with van der Waals surface area (Å²) in [7, 11) is 0. The average molecular weight is 278 g/mol. The van der Waals surface area contributed by atoms with Crippen LogP contribution in [0.2, 0.25) is 0 Å². The number of halogens is 1. The van der Waals surface area contributed by atoms with Crippen molar-refractivity contribution in [3.63, 3.8) is 0 Å². The van der Waals surface area contributed by atoms with Gasteiger partial charge in [0.15, 0.2) is 0 Å². The molecule has 1 aromatic rings. The monoisotopic (exact) mass is 278 g/mol. The Balaban J connectivity index is 1.47. The number of ether oxygens (including phenoxy) is 1. The van der Waals surface area contributed by atoms with E-state index in [1.54, 1.807) is 12.1 Å². The van der Waals surface area contributed by atoms with Gasteiger partial charge in [0.05, 0.1) is 13.2 Å². The number of benzene rings is 1. The Morgan fingerprint density at radius 1 is 1.00 bits per heavy atom. The second-order valence-electron chi connectivity index (χ2n) is 5.78. The van der Waals surface area contributed by atoms with Crippen molar-refractivity contribution in [3.05, 3.63) is 35.6 Å². The maximum atomic E-state index is 12.9. The van der Waals surface area contributed by atoms with Crippen molar-refractivity contribution in [1.82, 2.24) is 9.80 Å². The molecular formula is C16H23FN2O. The van der Waals surface area contributed by atoms with Gasteiger partial charge in [-0.25, -0.2) is 4.39 Å². The number of hydrogen-bond donors (Lipinski definition) is 0. The highest BCUT2D eigenvalue weighted by atomic mass is 19.1. The van der Waals surface area contributed by atoms with E-state index in [1.165, 1.54) is 18.4 Å². The van der Waals surface area contributed by atoms with Crippen LogP contribution in [0.25, 0.3) is 0 Å². The molecule has 0 spiro atoms. The summed E-state index contributed by atoms with van der Waals surface area (Å²) in [6.07, 6.45) is 2.47. The van der Waals surface area contributed by atoms with Gasteiger partial charge in [-0.1, -0.05) is 12.1 Å². The van der Waals surface area contributed by atoms with Crippen molar-refractivity contribution in [1.29, 1.82) is 0 Å². The smallest absolute Gasteiger partial charge is 0.123 e. The lowest BCUT2D eigenvalue weighted by atomic mass is 10.0. The largest absolute Gasteiger partial charge is 0.379 e. The van der Waals surface area contributed by atoms with Crippen molar-refractivity contribution < 1.29 is 9.13 Å². The Bertz CT molecular complexity index is 409. The molecule has 0 unspecified atom stereocenters. The van der Waals surface area contributed by atoms with Gasteiger partial charge in [-0.15, -0.1) is 0 Å². The van der Waals surface area contributed by atoms with Crippen LogP contribution in [0, 0.1) is 5.82 Å². The summed E-state index contributed by atoms with van der Waals surface area (Å²) in [5.74, 6) is -0.153. The first kappa shape index (κ1) is 14.0. The molecule has 0 aromatic heterocycles. The van der Waals surface area contributed by atoms with Crippen LogP contribution in [-0.2, 0) is 11.3 Å². The van der Waals surface area contributed by atoms with Crippen molar-refractivity contribution in [2.45, 2.75) is 25.4 Å². The minimum atomic E-state index is -0.153. The number of rotatable bonds is 3. The molecule has 2 aliphatic heterocycles. The summed E-state index contributed by atoms with van der Waals surface area (Å²) >= 11 is 0. The lowest BCUT2D eigenvalue weighted by molar-refractivity contribution is 0.000229. The number of nitrogens with zero attached hydrogens (tertiary/aromatic N) is 2. The highest BCUT2D eigenvalue weighted by Gasteiger charge is 2.25. The van der Waals surface area contributed by atoms with Crippen molar-refractivity contribution in [3.8, 4) is 0 Å². The fraction of sp³-hybridized carbons (Fsp3) is 0.625. The molecule has 110 valence electrons. The van der Waals surface area contributed by atoms with E-state index in [1.807, 2.05) is 12.1 Å². The minimum absolute atomic E-state index is 0.153. The van der Waals surface area contributed by atoms with E-state index in [2.05, 4.69) is 9.80 Å². The molecule has 0 bridgehead atoms. The second kappa shape index (κ2) is 6.66. The van der Waals surface area contributed by atoms with Crippen LogP contribution in [0.4, 0.5) is 4.39 Å². The lowest BCUT2D eigenvalue weighted by Crippen LogP contribution is -2.48. The quantitative estimate of drug-likeness (QED) is 0.842. The summed E-state index contributed by atoms with van der Waals surface area (Å²) in [6.45, 7) is 7.16. The van der Waals surface area contributed by atoms with Gasteiger partial charge in [-0.2, -0.15) is 0 Å². The van der Waals surface area contributed by atoms with Gasteiger partial charge < -0.3 is 4.74 Å². The molecule has 3 rings (SSSR count). The van der Waals surface area contributed by atoms with Gasteiger partial charge in [0.1, 0.15) is 5.82 Å². The molecule has 0 atom stereocenters. The van der Waals surface area contributed by atoms with Gasteiger partial charge in [0.25, 0.3) is 0 Å². The standard InChI is InChI=1S/C16H23FN2O/c17-15-3-1-14(2-4-15)13-18-7-5-16(6-8-18)19-9-11-20-12-10-19/h1-4,16H,5-13H2. The van der Waals surface area contributed by atoms with Crippen molar-refractivity contribution in [2.24, 2.45) is 0 Å². The Kier molecular flexibility index (Phi) is 4.65. The van der Waals surface area contributed by atoms with Gasteiger partial charge >= 0.3 is 0 Å². The van der Waals surface area contributed by atoms with E-state index in [4.69, 9.17) is 4.74 Å². The number of morpholine rings is 1. The summed E-state index contributed by atoms with van der Waals surface area (Å²) in [4.78, 5) is 5.06. The van der Waals surface area contributed by atoms with E-state index >= 15 is 0 Å². The SMILES string of the molecule is Fc1ccc(CN2CCC(N3CCOCC3)CC2)cc1. The van der Waals surface area contributed by atoms with E-state index in [0.29, 0.717) is 0 Å². The average Bonchev–Trinajstić information content (AvgIpc) is 2.51. The molecule has 20 heavy (non-hydrogen) atoms. The van der Waals surface area contributed by atoms with Crippen LogP contribution >= 0.6 is 0 Å². The summed E-state index contributed by atoms with van der Waals surface area (Å²) in [5, 5.41) is 0. The molecule has 2 saturated heterocycles. The van der Waals surface area contributed by atoms with Gasteiger partial charge in [0.2, 0.25) is 0 Å². The summed E-state index contributed by atoms with van der Waals surface area (Å²) in [6, 6.07) is 7.61. The molecule has 2 fully saturated rings. The zero-order chi connectivity index (χ0) is 13.8. The summed E-state index contributed by atoms with van der Waals surface area (Å²) < 4.78 is 18.3. The summed E-state index contributed by atoms with van der Waals surface area (Å²) in [5.41, 5.74) is 1.20. The molecule has 0 aliphatic carbocycles. The topological polar surface area (TPSA) is 15.7 Å². The lowest BCUT2D eigenvalue weighted by Gasteiger charge is -2.40. The highest BCUT2D eigenvalue weighted by Crippen LogP contribution is 2.19. The normalized spacial score (nSPS) is 23.1. The zero-order valence-corrected chi connectivity index (χ0v) is 11.9. The molecule has 0 amide bonds. The maximum Gasteiger partial charge on any atom is 0.123 e. The van der Waals surface area contributed by atoms with Crippen LogP contribution in [0.5, 0.6) is 0 Å². The molecule has 3 nitrogen and oxygen atoms in total. The third-order valence-electron chi connectivity index (χ3n) is 4.44. The molecule has 2 aliphatic rings. The zero-order valence-electron chi connectivity index (χ0n) is 11.9. The first-order valence-electron chi connectivity index (χ1n) is 7.60. The van der Waals surface area contributed by atoms with Crippen LogP contribution in [0.15, 0.2) is 24.3 Å². The Hall–Kier alpha value is -0.970. The Labute approximate surface area is 120 Å². The molecule has 1 aromatic carbocycles. The minimum Gasteiger partial charge on any atom is -0.379 e. The first-order valence-corrected chi connectivity index (χ1v) is 7.60. The third kappa shape index (κ3) is 3.57. The second-order valence-corrected chi connectivity index (χ2v) is 5.78. The van der Waals surface area contributed by atoms with E-state index in [-0.39, 0.29) is 5.82 Å². The maximum absolute atomic E-state index is 12.9. The van der Waals surface area contributed by atoms with Crippen LogP contribution in [0.3, 0.4) is 0 Å². The Morgan fingerprint density at radius 3 is 2.30 bits per heavy atom. The Morgan fingerprint density at radius 2 is 1.65 bits per heavy atom. The molecule has 4 heteroatoms. The van der Waals surface area contributed by atoms with Gasteiger partial charge in [-0.3, -0.25) is 9.80 Å². The predicted molar refractivity (Wildman–Crippen MR) is 77.1 cm³/mol. The van der Waals surface area contributed by atoms with Crippen LogP contribution in [0.1, 0.15) is 18.4 Å². The predicted octanol–water partition coefficient (Wildman–Crippen LogP) is 2.12. The molecule has 0 saturated carbocycles. The first-order chi connectivity index (χ1) is 9.81.